The lowest BCUT2D eigenvalue weighted by Gasteiger charge is -2.35. The van der Waals surface area contributed by atoms with Crippen LogP contribution in [0.4, 0.5) is 4.79 Å². The molecule has 2 amide bonds. The average molecular weight is 376 g/mol. The number of nitrogens with zero attached hydrogens (tertiary/aromatic N) is 2. The van der Waals surface area contributed by atoms with Gasteiger partial charge in [-0.25, -0.2) is 4.79 Å². The molecule has 1 aliphatic heterocycles. The molecular formula is C21H32N2O4. The fraction of sp³-hybridized carbons (Fsp3) is 0.667. The molecule has 0 unspecified atom stereocenters. The maximum Gasteiger partial charge on any atom is 0.410 e. The van der Waals surface area contributed by atoms with Gasteiger partial charge in [-0.3, -0.25) is 9.59 Å². The third-order valence-electron chi connectivity index (χ3n) is 5.16. The summed E-state index contributed by atoms with van der Waals surface area (Å²) in [5.41, 5.74) is 1.07. The molecule has 2 aliphatic rings. The van der Waals surface area contributed by atoms with Crippen molar-refractivity contribution in [3.63, 3.8) is 0 Å². The van der Waals surface area contributed by atoms with E-state index >= 15 is 0 Å². The van der Waals surface area contributed by atoms with E-state index in [9.17, 15) is 14.4 Å². The second kappa shape index (κ2) is 7.87. The van der Waals surface area contributed by atoms with Crippen molar-refractivity contribution in [3.8, 4) is 0 Å². The molecular weight excluding hydrogens is 344 g/mol. The van der Waals surface area contributed by atoms with Gasteiger partial charge in [-0.05, 0) is 50.7 Å². The molecule has 0 N–H and O–H groups in total. The number of ketones is 1. The maximum absolute atomic E-state index is 12.5. The highest BCUT2D eigenvalue weighted by Crippen LogP contribution is 2.39. The van der Waals surface area contributed by atoms with Crippen LogP contribution >= 0.6 is 0 Å². The Hall–Kier alpha value is -2.11. The molecule has 1 saturated heterocycles. The summed E-state index contributed by atoms with van der Waals surface area (Å²) in [6.07, 6.45) is 4.38. The zero-order valence-corrected chi connectivity index (χ0v) is 17.4. The SMILES string of the molecule is CC1=C(C=CC(=O)N2CCN(C(=O)OC(C)(C)C)CC2)C(C)(C)CCC1=O. The largest absolute Gasteiger partial charge is 0.444 e. The number of rotatable bonds is 2. The lowest BCUT2D eigenvalue weighted by atomic mass is 9.72. The fourth-order valence-corrected chi connectivity index (χ4v) is 3.45. The number of carbonyl (C=O) groups is 3. The lowest BCUT2D eigenvalue weighted by molar-refractivity contribution is -0.127. The van der Waals surface area contributed by atoms with Crippen molar-refractivity contribution in [2.24, 2.45) is 5.41 Å². The molecule has 0 bridgehead atoms. The van der Waals surface area contributed by atoms with Crippen LogP contribution in [0, 0.1) is 5.41 Å². The van der Waals surface area contributed by atoms with Crippen LogP contribution in [0.3, 0.4) is 0 Å². The molecule has 0 aromatic heterocycles. The van der Waals surface area contributed by atoms with Crippen molar-refractivity contribution in [1.29, 1.82) is 0 Å². The molecule has 0 saturated carbocycles. The minimum atomic E-state index is -0.525. The van der Waals surface area contributed by atoms with Crippen LogP contribution in [0.25, 0.3) is 0 Å². The van der Waals surface area contributed by atoms with Crippen molar-refractivity contribution in [3.05, 3.63) is 23.3 Å². The molecule has 2 rings (SSSR count). The normalized spacial score (nSPS) is 21.0. The molecule has 27 heavy (non-hydrogen) atoms. The molecule has 0 spiro atoms. The van der Waals surface area contributed by atoms with E-state index < -0.39 is 5.60 Å². The molecule has 1 aliphatic carbocycles. The Bertz CT molecular complexity index is 675. The summed E-state index contributed by atoms with van der Waals surface area (Å²) in [6.45, 7) is 13.4. The Morgan fingerprint density at radius 2 is 1.63 bits per heavy atom. The van der Waals surface area contributed by atoms with Gasteiger partial charge in [0.15, 0.2) is 5.78 Å². The van der Waals surface area contributed by atoms with E-state index in [0.717, 1.165) is 17.6 Å². The molecule has 0 aromatic carbocycles. The van der Waals surface area contributed by atoms with Gasteiger partial charge < -0.3 is 14.5 Å². The monoisotopic (exact) mass is 376 g/mol. The fourth-order valence-electron chi connectivity index (χ4n) is 3.45. The summed E-state index contributed by atoms with van der Waals surface area (Å²) >= 11 is 0. The lowest BCUT2D eigenvalue weighted by Crippen LogP contribution is -2.51. The Kier molecular flexibility index (Phi) is 6.17. The van der Waals surface area contributed by atoms with Crippen molar-refractivity contribution in [2.45, 2.75) is 60.0 Å². The van der Waals surface area contributed by atoms with Crippen LogP contribution in [0.1, 0.15) is 54.4 Å². The standard InChI is InChI=1S/C21H32N2O4/c1-15-16(21(5,6)10-9-17(15)24)7-8-18(25)22-11-13-23(14-12-22)19(26)27-20(2,3)4/h7-8H,9-14H2,1-6H3. The predicted octanol–water partition coefficient (Wildman–Crippen LogP) is 3.33. The number of ether oxygens (including phenoxy) is 1. The highest BCUT2D eigenvalue weighted by atomic mass is 16.6. The van der Waals surface area contributed by atoms with Gasteiger partial charge in [-0.2, -0.15) is 0 Å². The van der Waals surface area contributed by atoms with E-state index in [-0.39, 0.29) is 23.2 Å². The van der Waals surface area contributed by atoms with Crippen molar-refractivity contribution >= 4 is 17.8 Å². The van der Waals surface area contributed by atoms with E-state index in [4.69, 9.17) is 4.74 Å². The van der Waals surface area contributed by atoms with Gasteiger partial charge >= 0.3 is 6.09 Å². The van der Waals surface area contributed by atoms with Crippen LogP contribution in [0.2, 0.25) is 0 Å². The van der Waals surface area contributed by atoms with Gasteiger partial charge in [0.2, 0.25) is 5.91 Å². The minimum Gasteiger partial charge on any atom is -0.444 e. The van der Waals surface area contributed by atoms with Crippen molar-refractivity contribution in [1.82, 2.24) is 9.80 Å². The zero-order chi connectivity index (χ0) is 20.4. The molecule has 0 radical (unpaired) electrons. The summed E-state index contributed by atoms with van der Waals surface area (Å²) in [4.78, 5) is 40.0. The highest BCUT2D eigenvalue weighted by molar-refractivity contribution is 5.98. The Labute approximate surface area is 162 Å². The van der Waals surface area contributed by atoms with Crippen LogP contribution in [0.15, 0.2) is 23.3 Å². The summed E-state index contributed by atoms with van der Waals surface area (Å²) in [5.74, 6) is 0.0698. The first-order chi connectivity index (χ1) is 12.4. The number of piperazine rings is 1. The van der Waals surface area contributed by atoms with Crippen molar-refractivity contribution < 1.29 is 19.1 Å². The number of hydrogen-bond acceptors (Lipinski definition) is 4. The van der Waals surface area contributed by atoms with Crippen LogP contribution in [-0.4, -0.2) is 59.4 Å². The summed E-state index contributed by atoms with van der Waals surface area (Å²) in [7, 11) is 0. The number of Topliss-reactive ketones (excluding diaryl/α,β-unsaturated/α-hetero) is 1. The first-order valence-corrected chi connectivity index (χ1v) is 9.60. The number of hydrogen-bond donors (Lipinski definition) is 0. The van der Waals surface area contributed by atoms with Gasteiger partial charge in [0.05, 0.1) is 0 Å². The second-order valence-corrected chi connectivity index (χ2v) is 8.97. The molecule has 1 fully saturated rings. The number of carbonyl (C=O) groups excluding carboxylic acids is 3. The van der Waals surface area contributed by atoms with Crippen LogP contribution in [-0.2, 0) is 14.3 Å². The molecule has 150 valence electrons. The van der Waals surface area contributed by atoms with E-state index in [0.29, 0.717) is 32.6 Å². The third kappa shape index (κ3) is 5.44. The number of amides is 2. The van der Waals surface area contributed by atoms with Gasteiger partial charge in [0, 0.05) is 38.7 Å². The van der Waals surface area contributed by atoms with Crippen molar-refractivity contribution in [2.75, 3.05) is 26.2 Å². The summed E-state index contributed by atoms with van der Waals surface area (Å²) in [6, 6.07) is 0. The quantitative estimate of drug-likeness (QED) is 0.694. The van der Waals surface area contributed by atoms with Gasteiger partial charge in [-0.1, -0.05) is 19.9 Å². The third-order valence-corrected chi connectivity index (χ3v) is 5.16. The van der Waals surface area contributed by atoms with E-state index in [1.165, 1.54) is 0 Å². The minimum absolute atomic E-state index is 0.0899. The van der Waals surface area contributed by atoms with Gasteiger partial charge in [0.1, 0.15) is 5.60 Å². The van der Waals surface area contributed by atoms with E-state index in [2.05, 4.69) is 13.8 Å². The predicted molar refractivity (Wildman–Crippen MR) is 104 cm³/mol. The molecule has 0 aromatic rings. The second-order valence-electron chi connectivity index (χ2n) is 8.97. The first-order valence-electron chi connectivity index (χ1n) is 9.60. The van der Waals surface area contributed by atoms with Crippen LogP contribution < -0.4 is 0 Å². The Morgan fingerprint density at radius 3 is 2.19 bits per heavy atom. The maximum atomic E-state index is 12.5. The first kappa shape index (κ1) is 21.2. The molecule has 6 heteroatoms. The molecule has 6 nitrogen and oxygen atoms in total. The van der Waals surface area contributed by atoms with Gasteiger partial charge in [-0.15, -0.1) is 0 Å². The van der Waals surface area contributed by atoms with Crippen LogP contribution in [0.5, 0.6) is 0 Å². The smallest absolute Gasteiger partial charge is 0.410 e. The Morgan fingerprint density at radius 1 is 1.07 bits per heavy atom. The average Bonchev–Trinajstić information content (AvgIpc) is 2.57. The summed E-state index contributed by atoms with van der Waals surface area (Å²) < 4.78 is 5.38. The highest BCUT2D eigenvalue weighted by Gasteiger charge is 2.31. The summed E-state index contributed by atoms with van der Waals surface area (Å²) in [5, 5.41) is 0. The zero-order valence-electron chi connectivity index (χ0n) is 17.4. The topological polar surface area (TPSA) is 66.9 Å². The molecule has 1 heterocycles. The van der Waals surface area contributed by atoms with E-state index in [1.54, 1.807) is 22.0 Å². The van der Waals surface area contributed by atoms with E-state index in [1.807, 2.05) is 27.7 Å². The Balaban J connectivity index is 1.96. The van der Waals surface area contributed by atoms with Gasteiger partial charge in [0.25, 0.3) is 0 Å². The number of allylic oxidation sites excluding steroid dienone is 3. The molecule has 0 atom stereocenters.